The molecule has 1 fully saturated rings. The molecule has 8 heteroatoms. The summed E-state index contributed by atoms with van der Waals surface area (Å²) in [4.78, 5) is 24.3. The van der Waals surface area contributed by atoms with Crippen molar-refractivity contribution < 1.29 is 9.18 Å². The van der Waals surface area contributed by atoms with Crippen LogP contribution in [0, 0.1) is 11.7 Å². The predicted molar refractivity (Wildman–Crippen MR) is 126 cm³/mol. The Labute approximate surface area is 191 Å². The van der Waals surface area contributed by atoms with Gasteiger partial charge in [0.25, 0.3) is 5.91 Å². The van der Waals surface area contributed by atoms with Gasteiger partial charge < -0.3 is 15.5 Å². The van der Waals surface area contributed by atoms with Crippen LogP contribution in [-0.2, 0) is 0 Å². The highest BCUT2D eigenvalue weighted by molar-refractivity contribution is 6.33. The number of nitrogens with one attached hydrogen (secondary N) is 2. The van der Waals surface area contributed by atoms with E-state index < -0.39 is 5.82 Å². The van der Waals surface area contributed by atoms with Crippen molar-refractivity contribution in [1.82, 2.24) is 9.97 Å². The van der Waals surface area contributed by atoms with E-state index in [-0.39, 0.29) is 11.4 Å². The number of carbonyl (C=O) groups is 1. The molecule has 1 saturated heterocycles. The summed E-state index contributed by atoms with van der Waals surface area (Å²) in [5.41, 5.74) is 0.792. The molecule has 1 amide bonds. The quantitative estimate of drug-likeness (QED) is 0.504. The van der Waals surface area contributed by atoms with Crippen LogP contribution < -0.4 is 15.5 Å². The standard InChI is InChI=1S/C24H25ClFN5O/c1-15-13-24(2,3)31(14-15)22-17(6-5-11-27-22)23(32)30-21-8-4-7-20(29-21)28-19-12-16(26)9-10-18(19)25/h4-12,15H,13-14H2,1-3H3,(H2,28,29,30,32). The van der Waals surface area contributed by atoms with E-state index in [9.17, 15) is 9.18 Å². The normalized spacial score (nSPS) is 17.3. The molecule has 166 valence electrons. The molecule has 0 aliphatic carbocycles. The van der Waals surface area contributed by atoms with Gasteiger partial charge in [0.15, 0.2) is 0 Å². The second-order valence-corrected chi connectivity index (χ2v) is 9.13. The number of pyridine rings is 2. The number of amides is 1. The Kier molecular flexibility index (Phi) is 6.02. The average Bonchev–Trinajstić information content (AvgIpc) is 3.02. The van der Waals surface area contributed by atoms with E-state index in [4.69, 9.17) is 11.6 Å². The predicted octanol–water partition coefficient (Wildman–Crippen LogP) is 5.89. The molecular formula is C24H25ClFN5O. The molecule has 4 rings (SSSR count). The van der Waals surface area contributed by atoms with Crippen LogP contribution in [0.1, 0.15) is 37.6 Å². The molecule has 1 aliphatic rings. The summed E-state index contributed by atoms with van der Waals surface area (Å²) in [6.45, 7) is 7.39. The van der Waals surface area contributed by atoms with Gasteiger partial charge in [0, 0.05) is 18.3 Å². The Morgan fingerprint density at radius 1 is 1.19 bits per heavy atom. The van der Waals surface area contributed by atoms with E-state index in [0.29, 0.717) is 39.6 Å². The van der Waals surface area contributed by atoms with Crippen molar-refractivity contribution >= 4 is 40.6 Å². The zero-order valence-corrected chi connectivity index (χ0v) is 18.9. The monoisotopic (exact) mass is 453 g/mol. The summed E-state index contributed by atoms with van der Waals surface area (Å²) in [5, 5.41) is 6.20. The van der Waals surface area contributed by atoms with Gasteiger partial charge in [0.2, 0.25) is 0 Å². The molecule has 3 heterocycles. The van der Waals surface area contributed by atoms with Crippen molar-refractivity contribution in [1.29, 1.82) is 0 Å². The minimum atomic E-state index is -0.412. The molecule has 2 aromatic heterocycles. The smallest absolute Gasteiger partial charge is 0.260 e. The van der Waals surface area contributed by atoms with E-state index in [1.165, 1.54) is 18.2 Å². The van der Waals surface area contributed by atoms with Crippen molar-refractivity contribution in [2.24, 2.45) is 5.92 Å². The van der Waals surface area contributed by atoms with Gasteiger partial charge in [-0.1, -0.05) is 24.6 Å². The van der Waals surface area contributed by atoms with Gasteiger partial charge in [-0.3, -0.25) is 4.79 Å². The molecule has 1 aromatic carbocycles. The van der Waals surface area contributed by atoms with Crippen LogP contribution in [0.5, 0.6) is 0 Å². The van der Waals surface area contributed by atoms with Crippen molar-refractivity contribution in [3.05, 3.63) is 71.1 Å². The summed E-state index contributed by atoms with van der Waals surface area (Å²) in [5.74, 6) is 1.26. The fourth-order valence-electron chi connectivity index (χ4n) is 4.24. The van der Waals surface area contributed by atoms with Crippen LogP contribution in [0.4, 0.5) is 27.5 Å². The molecule has 32 heavy (non-hydrogen) atoms. The summed E-state index contributed by atoms with van der Waals surface area (Å²) in [6, 6.07) is 12.7. The van der Waals surface area contributed by atoms with Crippen molar-refractivity contribution in [3.63, 3.8) is 0 Å². The van der Waals surface area contributed by atoms with Gasteiger partial charge in [0.1, 0.15) is 23.3 Å². The average molecular weight is 454 g/mol. The number of carbonyl (C=O) groups excluding carboxylic acids is 1. The number of benzene rings is 1. The van der Waals surface area contributed by atoms with Crippen molar-refractivity contribution in [2.45, 2.75) is 32.7 Å². The zero-order chi connectivity index (χ0) is 22.9. The number of rotatable bonds is 5. The van der Waals surface area contributed by atoms with E-state index in [2.05, 4.69) is 46.3 Å². The topological polar surface area (TPSA) is 70.2 Å². The first-order chi connectivity index (χ1) is 15.2. The van der Waals surface area contributed by atoms with E-state index in [0.717, 1.165) is 13.0 Å². The maximum Gasteiger partial charge on any atom is 0.260 e. The van der Waals surface area contributed by atoms with E-state index >= 15 is 0 Å². The molecule has 0 saturated carbocycles. The third kappa shape index (κ3) is 4.67. The first kappa shape index (κ1) is 22.0. The lowest BCUT2D eigenvalue weighted by Crippen LogP contribution is -2.40. The van der Waals surface area contributed by atoms with Crippen molar-refractivity contribution in [3.8, 4) is 0 Å². The van der Waals surface area contributed by atoms with Gasteiger partial charge in [-0.25, -0.2) is 14.4 Å². The van der Waals surface area contributed by atoms with Crippen LogP contribution in [0.3, 0.4) is 0 Å². The fraction of sp³-hybridized carbons (Fsp3) is 0.292. The third-order valence-corrected chi connectivity index (χ3v) is 5.87. The lowest BCUT2D eigenvalue weighted by Gasteiger charge is -2.33. The highest BCUT2D eigenvalue weighted by Gasteiger charge is 2.38. The molecule has 6 nitrogen and oxygen atoms in total. The Morgan fingerprint density at radius 2 is 1.97 bits per heavy atom. The molecule has 1 unspecified atom stereocenters. The van der Waals surface area contributed by atoms with Crippen molar-refractivity contribution in [2.75, 3.05) is 22.1 Å². The third-order valence-electron chi connectivity index (χ3n) is 5.54. The molecule has 3 aromatic rings. The first-order valence-electron chi connectivity index (χ1n) is 10.5. The number of hydrogen-bond acceptors (Lipinski definition) is 5. The maximum absolute atomic E-state index is 13.5. The summed E-state index contributed by atoms with van der Waals surface area (Å²) in [6.07, 6.45) is 2.74. The Morgan fingerprint density at radius 3 is 2.72 bits per heavy atom. The largest absolute Gasteiger partial charge is 0.351 e. The SMILES string of the molecule is CC1CN(c2ncccc2C(=O)Nc2cccc(Nc3cc(F)ccc3Cl)n2)C(C)(C)C1. The zero-order valence-electron chi connectivity index (χ0n) is 18.2. The number of anilines is 4. The molecular weight excluding hydrogens is 429 g/mol. The van der Waals surface area contributed by atoms with Gasteiger partial charge in [0.05, 0.1) is 16.3 Å². The number of hydrogen-bond donors (Lipinski definition) is 2. The molecule has 0 radical (unpaired) electrons. The summed E-state index contributed by atoms with van der Waals surface area (Å²) >= 11 is 6.12. The maximum atomic E-state index is 13.5. The molecule has 1 atom stereocenters. The van der Waals surface area contributed by atoms with Crippen LogP contribution in [-0.4, -0.2) is 28.0 Å². The van der Waals surface area contributed by atoms with E-state index in [1.54, 1.807) is 36.5 Å². The molecule has 0 bridgehead atoms. The minimum absolute atomic E-state index is 0.0882. The minimum Gasteiger partial charge on any atom is -0.351 e. The Balaban J connectivity index is 1.56. The number of aromatic nitrogens is 2. The van der Waals surface area contributed by atoms with Gasteiger partial charge in [-0.15, -0.1) is 0 Å². The summed E-state index contributed by atoms with van der Waals surface area (Å²) in [7, 11) is 0. The summed E-state index contributed by atoms with van der Waals surface area (Å²) < 4.78 is 13.5. The van der Waals surface area contributed by atoms with Crippen LogP contribution >= 0.6 is 11.6 Å². The molecule has 1 aliphatic heterocycles. The Hall–Kier alpha value is -3.19. The second kappa shape index (κ2) is 8.74. The van der Waals surface area contributed by atoms with Crippen LogP contribution in [0.2, 0.25) is 5.02 Å². The second-order valence-electron chi connectivity index (χ2n) is 8.72. The number of halogens is 2. The molecule has 2 N–H and O–H groups in total. The highest BCUT2D eigenvalue weighted by Crippen LogP contribution is 2.37. The van der Waals surface area contributed by atoms with Gasteiger partial charge in [-0.05, 0) is 68.7 Å². The molecule has 0 spiro atoms. The fourth-order valence-corrected chi connectivity index (χ4v) is 4.40. The lowest BCUT2D eigenvalue weighted by molar-refractivity contribution is 0.102. The van der Waals surface area contributed by atoms with Crippen LogP contribution in [0.15, 0.2) is 54.7 Å². The van der Waals surface area contributed by atoms with Gasteiger partial charge >= 0.3 is 0 Å². The van der Waals surface area contributed by atoms with Crippen LogP contribution in [0.25, 0.3) is 0 Å². The Bertz CT molecular complexity index is 1150. The van der Waals surface area contributed by atoms with Gasteiger partial charge in [-0.2, -0.15) is 0 Å². The van der Waals surface area contributed by atoms with E-state index in [1.807, 2.05) is 0 Å². The number of nitrogens with zero attached hydrogens (tertiary/aromatic N) is 3. The lowest BCUT2D eigenvalue weighted by atomic mass is 9.97. The highest BCUT2D eigenvalue weighted by atomic mass is 35.5. The first-order valence-corrected chi connectivity index (χ1v) is 10.8.